The van der Waals surface area contributed by atoms with Crippen LogP contribution >= 0.6 is 0 Å². The minimum absolute atomic E-state index is 0.633. The van der Waals surface area contributed by atoms with E-state index in [2.05, 4.69) is 45.1 Å². The van der Waals surface area contributed by atoms with Gasteiger partial charge in [0.05, 0.1) is 0 Å². The van der Waals surface area contributed by atoms with Crippen LogP contribution in [0, 0.1) is 0 Å². The highest BCUT2D eigenvalue weighted by atomic mass is 14.9. The van der Waals surface area contributed by atoms with E-state index in [0.29, 0.717) is 11.8 Å². The van der Waals surface area contributed by atoms with Gasteiger partial charge in [-0.2, -0.15) is 0 Å². The number of nitrogens with one attached hydrogen (secondary N) is 1. The van der Waals surface area contributed by atoms with E-state index >= 15 is 0 Å². The van der Waals surface area contributed by atoms with Gasteiger partial charge in [-0.05, 0) is 34.1 Å². The summed E-state index contributed by atoms with van der Waals surface area (Å²) >= 11 is 0. The van der Waals surface area contributed by atoms with Crippen molar-refractivity contribution in [3.63, 3.8) is 0 Å². The van der Waals surface area contributed by atoms with Crippen molar-refractivity contribution in [2.75, 3.05) is 0 Å². The summed E-state index contributed by atoms with van der Waals surface area (Å²) in [6.07, 6.45) is 0. The summed E-state index contributed by atoms with van der Waals surface area (Å²) in [5.41, 5.74) is 6.10. The zero-order valence-corrected chi connectivity index (χ0v) is 10.2. The third kappa shape index (κ3) is 1.93. The normalized spacial score (nSPS) is 15.1. The maximum Gasteiger partial charge on any atom is 0.0214 e. The minimum Gasteiger partial charge on any atom is -0.309 e. The fraction of sp³-hybridized carbons (Fsp3) is 0.571. The molecule has 1 nitrogen and oxygen atoms in total. The van der Waals surface area contributed by atoms with E-state index in [0.717, 1.165) is 13.1 Å². The standard InChI is InChI=1S/C14H21N/c1-9(2)11-5-12-7-15-8-14(12)13(6-11)10(3)4/h5-6,9-10,15H,7-8H2,1-4H3. The molecule has 1 aliphatic rings. The van der Waals surface area contributed by atoms with Gasteiger partial charge in [-0.15, -0.1) is 0 Å². The van der Waals surface area contributed by atoms with Crippen molar-refractivity contribution in [2.24, 2.45) is 0 Å². The quantitative estimate of drug-likeness (QED) is 0.775. The maximum absolute atomic E-state index is 3.45. The monoisotopic (exact) mass is 203 g/mol. The fourth-order valence-corrected chi connectivity index (χ4v) is 2.33. The van der Waals surface area contributed by atoms with E-state index < -0.39 is 0 Å². The molecule has 0 aliphatic carbocycles. The van der Waals surface area contributed by atoms with E-state index in [4.69, 9.17) is 0 Å². The summed E-state index contributed by atoms with van der Waals surface area (Å²) in [4.78, 5) is 0. The van der Waals surface area contributed by atoms with E-state index in [1.54, 1.807) is 11.1 Å². The lowest BCUT2D eigenvalue weighted by Gasteiger charge is -2.16. The smallest absolute Gasteiger partial charge is 0.0214 e. The van der Waals surface area contributed by atoms with Crippen molar-refractivity contribution >= 4 is 0 Å². The molecule has 0 bridgehead atoms. The molecular weight excluding hydrogens is 182 g/mol. The van der Waals surface area contributed by atoms with Crippen LogP contribution in [0.5, 0.6) is 0 Å². The molecule has 1 aromatic rings. The zero-order chi connectivity index (χ0) is 11.0. The SMILES string of the molecule is CC(C)c1cc2c(c(C(C)C)c1)CNC2. The van der Waals surface area contributed by atoms with Crippen LogP contribution < -0.4 is 5.32 Å². The molecule has 0 aromatic heterocycles. The Balaban J connectivity index is 2.52. The lowest BCUT2D eigenvalue weighted by atomic mass is 9.89. The van der Waals surface area contributed by atoms with Crippen LogP contribution in [-0.4, -0.2) is 0 Å². The summed E-state index contributed by atoms with van der Waals surface area (Å²) in [6, 6.07) is 4.78. The summed E-state index contributed by atoms with van der Waals surface area (Å²) in [6.45, 7) is 11.2. The van der Waals surface area contributed by atoms with E-state index in [1.807, 2.05) is 0 Å². The molecule has 0 radical (unpaired) electrons. The van der Waals surface area contributed by atoms with Gasteiger partial charge in [0.15, 0.2) is 0 Å². The van der Waals surface area contributed by atoms with Crippen LogP contribution in [0.4, 0.5) is 0 Å². The summed E-state index contributed by atoms with van der Waals surface area (Å²) in [5.74, 6) is 1.27. The molecule has 2 rings (SSSR count). The van der Waals surface area contributed by atoms with Gasteiger partial charge < -0.3 is 5.32 Å². The van der Waals surface area contributed by atoms with E-state index in [9.17, 15) is 0 Å². The average Bonchev–Trinajstić information content (AvgIpc) is 2.62. The first-order chi connectivity index (χ1) is 7.09. The molecule has 1 N–H and O–H groups in total. The highest BCUT2D eigenvalue weighted by molar-refractivity contribution is 5.43. The molecule has 0 atom stereocenters. The predicted octanol–water partition coefficient (Wildman–Crippen LogP) is 3.54. The van der Waals surface area contributed by atoms with Crippen molar-refractivity contribution in [2.45, 2.75) is 52.6 Å². The highest BCUT2D eigenvalue weighted by Gasteiger charge is 2.18. The number of hydrogen-bond donors (Lipinski definition) is 1. The molecule has 0 amide bonds. The van der Waals surface area contributed by atoms with Gasteiger partial charge in [-0.3, -0.25) is 0 Å². The molecule has 82 valence electrons. The Morgan fingerprint density at radius 3 is 2.33 bits per heavy atom. The topological polar surface area (TPSA) is 12.0 Å². The predicted molar refractivity (Wildman–Crippen MR) is 65.2 cm³/mol. The summed E-state index contributed by atoms with van der Waals surface area (Å²) in [7, 11) is 0. The summed E-state index contributed by atoms with van der Waals surface area (Å²) < 4.78 is 0. The Kier molecular flexibility index (Phi) is 2.83. The Bertz CT molecular complexity index is 364. The third-order valence-electron chi connectivity index (χ3n) is 3.31. The first-order valence-electron chi connectivity index (χ1n) is 5.96. The van der Waals surface area contributed by atoms with Gasteiger partial charge >= 0.3 is 0 Å². The number of hydrogen-bond acceptors (Lipinski definition) is 1. The van der Waals surface area contributed by atoms with Crippen LogP contribution in [-0.2, 0) is 13.1 Å². The Morgan fingerprint density at radius 1 is 1.00 bits per heavy atom. The van der Waals surface area contributed by atoms with Crippen molar-refractivity contribution in [1.82, 2.24) is 5.32 Å². The first-order valence-corrected chi connectivity index (χ1v) is 5.96. The molecule has 1 aromatic carbocycles. The molecule has 0 saturated heterocycles. The second-order valence-corrected chi connectivity index (χ2v) is 5.16. The lowest BCUT2D eigenvalue weighted by molar-refractivity contribution is 0.755. The van der Waals surface area contributed by atoms with Crippen LogP contribution in [0.1, 0.15) is 61.8 Å². The first kappa shape index (κ1) is 10.7. The largest absolute Gasteiger partial charge is 0.309 e. The lowest BCUT2D eigenvalue weighted by Crippen LogP contribution is -2.02. The van der Waals surface area contributed by atoms with Crippen molar-refractivity contribution < 1.29 is 0 Å². The maximum atomic E-state index is 3.45. The fourth-order valence-electron chi connectivity index (χ4n) is 2.33. The van der Waals surface area contributed by atoms with Crippen LogP contribution in [0.3, 0.4) is 0 Å². The van der Waals surface area contributed by atoms with E-state index in [-0.39, 0.29) is 0 Å². The Hall–Kier alpha value is -0.820. The zero-order valence-electron chi connectivity index (χ0n) is 10.2. The Labute approximate surface area is 92.9 Å². The molecule has 0 unspecified atom stereocenters. The van der Waals surface area contributed by atoms with Gasteiger partial charge in [0.25, 0.3) is 0 Å². The second kappa shape index (κ2) is 3.97. The summed E-state index contributed by atoms with van der Waals surface area (Å²) in [5, 5.41) is 3.45. The average molecular weight is 203 g/mol. The second-order valence-electron chi connectivity index (χ2n) is 5.16. The molecule has 1 heteroatoms. The minimum atomic E-state index is 0.633. The molecule has 1 heterocycles. The van der Waals surface area contributed by atoms with Crippen molar-refractivity contribution in [3.05, 3.63) is 34.4 Å². The van der Waals surface area contributed by atoms with Gasteiger partial charge in [0.1, 0.15) is 0 Å². The molecule has 1 aliphatic heterocycles. The van der Waals surface area contributed by atoms with Gasteiger partial charge in [0.2, 0.25) is 0 Å². The van der Waals surface area contributed by atoms with Crippen molar-refractivity contribution in [1.29, 1.82) is 0 Å². The molecule has 0 spiro atoms. The van der Waals surface area contributed by atoms with Gasteiger partial charge in [-0.1, -0.05) is 39.8 Å². The van der Waals surface area contributed by atoms with Crippen LogP contribution in [0.2, 0.25) is 0 Å². The molecular formula is C14H21N. The Morgan fingerprint density at radius 2 is 1.73 bits per heavy atom. The van der Waals surface area contributed by atoms with Crippen LogP contribution in [0.15, 0.2) is 12.1 Å². The number of rotatable bonds is 2. The third-order valence-corrected chi connectivity index (χ3v) is 3.31. The molecule has 15 heavy (non-hydrogen) atoms. The van der Waals surface area contributed by atoms with Gasteiger partial charge in [0, 0.05) is 13.1 Å². The van der Waals surface area contributed by atoms with E-state index in [1.165, 1.54) is 11.1 Å². The van der Waals surface area contributed by atoms with Gasteiger partial charge in [-0.25, -0.2) is 0 Å². The molecule has 0 fully saturated rings. The number of benzene rings is 1. The van der Waals surface area contributed by atoms with Crippen LogP contribution in [0.25, 0.3) is 0 Å². The number of fused-ring (bicyclic) bond motifs is 1. The highest BCUT2D eigenvalue weighted by Crippen LogP contribution is 2.30. The van der Waals surface area contributed by atoms with Crippen molar-refractivity contribution in [3.8, 4) is 0 Å². The molecule has 0 saturated carbocycles.